The molecule has 0 aromatic carbocycles. The van der Waals surface area contributed by atoms with Crippen molar-refractivity contribution >= 4 is 22.9 Å². The number of halogens is 3. The van der Waals surface area contributed by atoms with Crippen LogP contribution in [-0.2, 0) is 13.2 Å². The van der Waals surface area contributed by atoms with Crippen molar-refractivity contribution in [1.29, 1.82) is 0 Å². The zero-order chi connectivity index (χ0) is 20.1. The van der Waals surface area contributed by atoms with Gasteiger partial charge in [-0.05, 0) is 32.0 Å². The fourth-order valence-corrected chi connectivity index (χ4v) is 3.61. The number of carbonyl (C=O) groups excluding carboxylic acids is 1. The molecule has 0 N–H and O–H groups in total. The molecule has 12 heteroatoms. The topological polar surface area (TPSA) is 95.8 Å². The summed E-state index contributed by atoms with van der Waals surface area (Å²) in [5.41, 5.74) is -0.899. The largest absolute Gasteiger partial charge is 0.435 e. The van der Waals surface area contributed by atoms with Crippen LogP contribution in [0.4, 0.5) is 18.9 Å². The first-order valence-electron chi connectivity index (χ1n) is 7.47. The van der Waals surface area contributed by atoms with E-state index in [0.717, 1.165) is 26.8 Å². The maximum Gasteiger partial charge on any atom is 0.435 e. The van der Waals surface area contributed by atoms with E-state index < -0.39 is 22.7 Å². The van der Waals surface area contributed by atoms with Gasteiger partial charge in [0.05, 0.1) is 20.4 Å². The Labute approximate surface area is 154 Å². The molecule has 27 heavy (non-hydrogen) atoms. The van der Waals surface area contributed by atoms with Gasteiger partial charge in [0, 0.05) is 7.05 Å². The minimum absolute atomic E-state index is 0.0809. The summed E-state index contributed by atoms with van der Waals surface area (Å²) in [5, 5.41) is 18.4. The van der Waals surface area contributed by atoms with Crippen molar-refractivity contribution in [1.82, 2.24) is 19.6 Å². The molecule has 8 nitrogen and oxygen atoms in total. The van der Waals surface area contributed by atoms with Gasteiger partial charge in [-0.1, -0.05) is 0 Å². The SMILES string of the molecule is Cc1nn(C(=O)c2ccc(-c3cc(C(F)(F)F)nn3C)s2)c(C)c1[N+](=O)[O-]. The Balaban J connectivity index is 1.98. The maximum atomic E-state index is 12.8. The van der Waals surface area contributed by atoms with Crippen LogP contribution < -0.4 is 0 Å². The molecule has 3 aromatic heterocycles. The minimum atomic E-state index is -4.57. The Hall–Kier alpha value is -3.02. The predicted molar refractivity (Wildman–Crippen MR) is 89.6 cm³/mol. The molecule has 0 unspecified atom stereocenters. The molecule has 0 atom stereocenters. The van der Waals surface area contributed by atoms with Gasteiger partial charge in [0.15, 0.2) is 5.69 Å². The quantitative estimate of drug-likeness (QED) is 0.496. The van der Waals surface area contributed by atoms with Crippen molar-refractivity contribution in [2.24, 2.45) is 7.05 Å². The lowest BCUT2D eigenvalue weighted by molar-refractivity contribution is -0.386. The normalized spacial score (nSPS) is 11.8. The molecular weight excluding hydrogens is 387 g/mol. The van der Waals surface area contributed by atoms with Crippen molar-refractivity contribution in [3.8, 4) is 10.6 Å². The molecule has 0 aliphatic carbocycles. The molecular formula is C15H12F3N5O3S. The molecule has 3 heterocycles. The standard InChI is InChI=1S/C15H12F3N5O3S/c1-7-13(23(25)26)8(2)22(19-7)14(24)11-5-4-10(27-11)9-6-12(15(16,17)18)20-21(9)3/h4-6H,1-3H3. The van der Waals surface area contributed by atoms with E-state index in [1.165, 1.54) is 33.0 Å². The Morgan fingerprint density at radius 3 is 2.44 bits per heavy atom. The smallest absolute Gasteiger partial charge is 0.267 e. The van der Waals surface area contributed by atoms with Crippen molar-refractivity contribution in [2.75, 3.05) is 0 Å². The fraction of sp³-hybridized carbons (Fsp3) is 0.267. The lowest BCUT2D eigenvalue weighted by Crippen LogP contribution is -2.14. The van der Waals surface area contributed by atoms with Crippen molar-refractivity contribution in [3.05, 3.63) is 50.3 Å². The highest BCUT2D eigenvalue weighted by molar-refractivity contribution is 7.17. The molecule has 0 bridgehead atoms. The number of hydrogen-bond donors (Lipinski definition) is 0. The highest BCUT2D eigenvalue weighted by atomic mass is 32.1. The number of nitro groups is 1. The van der Waals surface area contributed by atoms with Gasteiger partial charge in [0.25, 0.3) is 5.91 Å². The summed E-state index contributed by atoms with van der Waals surface area (Å²) in [6.45, 7) is 2.82. The monoisotopic (exact) mass is 399 g/mol. The number of aromatic nitrogens is 4. The third-order valence-electron chi connectivity index (χ3n) is 3.87. The van der Waals surface area contributed by atoms with Gasteiger partial charge in [-0.2, -0.15) is 28.1 Å². The summed E-state index contributed by atoms with van der Waals surface area (Å²) in [6, 6.07) is 3.83. The summed E-state index contributed by atoms with van der Waals surface area (Å²) in [7, 11) is 1.37. The van der Waals surface area contributed by atoms with Crippen LogP contribution in [0.5, 0.6) is 0 Å². The number of alkyl halides is 3. The number of carbonyl (C=O) groups is 1. The molecule has 3 rings (SSSR count). The maximum absolute atomic E-state index is 12.8. The minimum Gasteiger partial charge on any atom is -0.267 e. The van der Waals surface area contributed by atoms with Gasteiger partial charge in [-0.15, -0.1) is 11.3 Å². The van der Waals surface area contributed by atoms with Crippen LogP contribution in [0, 0.1) is 24.0 Å². The molecule has 0 spiro atoms. The summed E-state index contributed by atoms with van der Waals surface area (Å²) in [6.07, 6.45) is -4.57. The van der Waals surface area contributed by atoms with E-state index in [9.17, 15) is 28.1 Å². The second-order valence-electron chi connectivity index (χ2n) is 5.69. The molecule has 0 fully saturated rings. The third-order valence-corrected chi connectivity index (χ3v) is 4.96. The van der Waals surface area contributed by atoms with E-state index in [1.54, 1.807) is 0 Å². The van der Waals surface area contributed by atoms with E-state index in [-0.39, 0.29) is 27.6 Å². The van der Waals surface area contributed by atoms with Crippen LogP contribution in [-0.4, -0.2) is 30.4 Å². The molecule has 0 saturated carbocycles. The first-order valence-corrected chi connectivity index (χ1v) is 8.29. The number of aryl methyl sites for hydroxylation is 2. The van der Waals surface area contributed by atoms with E-state index in [4.69, 9.17) is 0 Å². The number of thiophene rings is 1. The van der Waals surface area contributed by atoms with Gasteiger partial charge in [0.2, 0.25) is 0 Å². The Kier molecular flexibility index (Phi) is 4.38. The fourth-order valence-electron chi connectivity index (χ4n) is 2.63. The molecule has 0 aliphatic heterocycles. The molecule has 3 aromatic rings. The first kappa shape index (κ1) is 18.8. The van der Waals surface area contributed by atoms with E-state index in [1.807, 2.05) is 0 Å². The van der Waals surface area contributed by atoms with Gasteiger partial charge < -0.3 is 0 Å². The lowest BCUT2D eigenvalue weighted by atomic mass is 10.3. The van der Waals surface area contributed by atoms with Crippen LogP contribution >= 0.6 is 11.3 Å². The van der Waals surface area contributed by atoms with Gasteiger partial charge in [-0.25, -0.2) is 0 Å². The Morgan fingerprint density at radius 1 is 1.26 bits per heavy atom. The van der Waals surface area contributed by atoms with Crippen molar-refractivity contribution in [2.45, 2.75) is 20.0 Å². The van der Waals surface area contributed by atoms with Crippen molar-refractivity contribution < 1.29 is 22.9 Å². The molecule has 0 amide bonds. The van der Waals surface area contributed by atoms with Gasteiger partial charge in [-0.3, -0.25) is 19.6 Å². The zero-order valence-electron chi connectivity index (χ0n) is 14.2. The van der Waals surface area contributed by atoms with Crippen molar-refractivity contribution in [3.63, 3.8) is 0 Å². The summed E-state index contributed by atoms with van der Waals surface area (Å²) < 4.78 is 40.4. The van der Waals surface area contributed by atoms with Crippen LogP contribution in [0.3, 0.4) is 0 Å². The second-order valence-corrected chi connectivity index (χ2v) is 6.78. The number of rotatable bonds is 3. The number of nitrogens with zero attached hydrogens (tertiary/aromatic N) is 5. The van der Waals surface area contributed by atoms with Crippen LogP contribution in [0.15, 0.2) is 18.2 Å². The van der Waals surface area contributed by atoms with E-state index >= 15 is 0 Å². The van der Waals surface area contributed by atoms with Gasteiger partial charge >= 0.3 is 11.9 Å². The summed E-state index contributed by atoms with van der Waals surface area (Å²) in [5.74, 6) is -0.599. The first-order chi connectivity index (χ1) is 12.5. The molecule has 0 saturated heterocycles. The molecule has 142 valence electrons. The van der Waals surface area contributed by atoms with Gasteiger partial charge in [0.1, 0.15) is 11.4 Å². The summed E-state index contributed by atoms with van der Waals surface area (Å²) in [4.78, 5) is 23.7. The Morgan fingerprint density at radius 2 is 1.93 bits per heavy atom. The third kappa shape index (κ3) is 3.23. The zero-order valence-corrected chi connectivity index (χ0v) is 15.1. The Bertz CT molecular complexity index is 1060. The van der Waals surface area contributed by atoms with E-state index in [2.05, 4.69) is 10.2 Å². The van der Waals surface area contributed by atoms with Crippen LogP contribution in [0.1, 0.15) is 26.8 Å². The average Bonchev–Trinajstić information content (AvgIpc) is 3.23. The highest BCUT2D eigenvalue weighted by Crippen LogP contribution is 2.34. The molecule has 0 aliphatic rings. The van der Waals surface area contributed by atoms with Crippen LogP contribution in [0.25, 0.3) is 10.6 Å². The predicted octanol–water partition coefficient (Wildman–Crippen LogP) is 3.58. The average molecular weight is 399 g/mol. The molecule has 0 radical (unpaired) electrons. The van der Waals surface area contributed by atoms with Crippen LogP contribution in [0.2, 0.25) is 0 Å². The lowest BCUT2D eigenvalue weighted by Gasteiger charge is -2.00. The number of hydrogen-bond acceptors (Lipinski definition) is 6. The van der Waals surface area contributed by atoms with E-state index in [0.29, 0.717) is 4.88 Å². The highest BCUT2D eigenvalue weighted by Gasteiger charge is 2.35. The summed E-state index contributed by atoms with van der Waals surface area (Å²) >= 11 is 0.951. The second kappa shape index (κ2) is 6.30.